The van der Waals surface area contributed by atoms with Crippen LogP contribution in [0.5, 0.6) is 0 Å². The first-order valence-corrected chi connectivity index (χ1v) is 12.1. The van der Waals surface area contributed by atoms with E-state index in [9.17, 15) is 22.8 Å². The van der Waals surface area contributed by atoms with Gasteiger partial charge in [0.2, 0.25) is 5.91 Å². The van der Waals surface area contributed by atoms with Gasteiger partial charge >= 0.3 is 6.18 Å². The van der Waals surface area contributed by atoms with Gasteiger partial charge in [0.15, 0.2) is 5.11 Å². The molecule has 190 valence electrons. The molecule has 0 N–H and O–H groups in total. The van der Waals surface area contributed by atoms with E-state index in [-0.39, 0.29) is 16.7 Å². The number of hydrogen-bond donors (Lipinski definition) is 0. The summed E-state index contributed by atoms with van der Waals surface area (Å²) in [6, 6.07) is 4.74. The summed E-state index contributed by atoms with van der Waals surface area (Å²) in [5, 5.41) is 9.20. The van der Waals surface area contributed by atoms with Crippen LogP contribution in [0.1, 0.15) is 51.2 Å². The molecule has 0 spiro atoms. The molecule has 35 heavy (non-hydrogen) atoms. The van der Waals surface area contributed by atoms with Crippen molar-refractivity contribution in [1.29, 1.82) is 5.26 Å². The van der Waals surface area contributed by atoms with Gasteiger partial charge in [0.25, 0.3) is 5.91 Å². The van der Waals surface area contributed by atoms with Crippen molar-refractivity contribution >= 4 is 34.8 Å². The van der Waals surface area contributed by atoms with Gasteiger partial charge in [-0.2, -0.15) is 18.4 Å². The van der Waals surface area contributed by atoms with E-state index in [2.05, 4.69) is 4.90 Å². The van der Waals surface area contributed by atoms with Gasteiger partial charge in [0, 0.05) is 39.1 Å². The van der Waals surface area contributed by atoms with E-state index >= 15 is 0 Å². The van der Waals surface area contributed by atoms with Gasteiger partial charge in [-0.25, -0.2) is 0 Å². The molecule has 3 rings (SSSR count). The molecule has 0 bridgehead atoms. The lowest BCUT2D eigenvalue weighted by molar-refractivity contribution is -0.138. The molecule has 2 fully saturated rings. The van der Waals surface area contributed by atoms with Crippen LogP contribution in [0.15, 0.2) is 18.2 Å². The molecule has 2 aliphatic rings. The van der Waals surface area contributed by atoms with Crippen LogP contribution in [0.2, 0.25) is 0 Å². The minimum absolute atomic E-state index is 0.00484. The summed E-state index contributed by atoms with van der Waals surface area (Å²) in [5.41, 5.74) is -2.63. The number of nitriles is 1. The van der Waals surface area contributed by atoms with Gasteiger partial charge in [-0.05, 0) is 63.7 Å². The fourth-order valence-electron chi connectivity index (χ4n) is 4.49. The maximum absolute atomic E-state index is 13.5. The smallest absolute Gasteiger partial charge is 0.340 e. The number of rotatable bonds is 7. The molecule has 0 aliphatic carbocycles. The lowest BCUT2D eigenvalue weighted by atomic mass is 10.0. The van der Waals surface area contributed by atoms with Crippen molar-refractivity contribution in [2.45, 2.75) is 51.7 Å². The highest BCUT2D eigenvalue weighted by Gasteiger charge is 2.49. The van der Waals surface area contributed by atoms with E-state index < -0.39 is 28.7 Å². The number of anilines is 1. The van der Waals surface area contributed by atoms with E-state index in [1.54, 1.807) is 24.8 Å². The first-order chi connectivity index (χ1) is 16.4. The molecule has 0 atom stereocenters. The Morgan fingerprint density at radius 2 is 1.83 bits per heavy atom. The lowest BCUT2D eigenvalue weighted by Crippen LogP contribution is -2.49. The van der Waals surface area contributed by atoms with Gasteiger partial charge in [-0.15, -0.1) is 0 Å². The number of carbonyl (C=O) groups is 2. The normalized spacial score (nSPS) is 18.8. The van der Waals surface area contributed by atoms with Crippen LogP contribution in [0.25, 0.3) is 0 Å². The van der Waals surface area contributed by atoms with Gasteiger partial charge in [-0.3, -0.25) is 19.4 Å². The third-order valence-electron chi connectivity index (χ3n) is 6.56. The lowest BCUT2D eigenvalue weighted by Gasteiger charge is -2.35. The van der Waals surface area contributed by atoms with Crippen molar-refractivity contribution in [3.8, 4) is 6.07 Å². The third kappa shape index (κ3) is 5.59. The minimum atomic E-state index is -4.73. The van der Waals surface area contributed by atoms with Crippen molar-refractivity contribution in [2.24, 2.45) is 0 Å². The predicted octanol–water partition coefficient (Wildman–Crippen LogP) is 3.62. The minimum Gasteiger partial charge on any atom is -0.340 e. The van der Waals surface area contributed by atoms with Crippen molar-refractivity contribution in [3.05, 3.63) is 29.3 Å². The van der Waals surface area contributed by atoms with Crippen LogP contribution in [-0.4, -0.2) is 76.4 Å². The van der Waals surface area contributed by atoms with Crippen molar-refractivity contribution < 1.29 is 22.8 Å². The molecule has 2 amide bonds. The Morgan fingerprint density at radius 1 is 1.17 bits per heavy atom. The van der Waals surface area contributed by atoms with Crippen molar-refractivity contribution in [1.82, 2.24) is 14.7 Å². The molecule has 7 nitrogen and oxygen atoms in total. The van der Waals surface area contributed by atoms with Gasteiger partial charge in [0.05, 0.1) is 22.9 Å². The largest absolute Gasteiger partial charge is 0.417 e. The second kappa shape index (κ2) is 10.5. The average molecular weight is 510 g/mol. The van der Waals surface area contributed by atoms with Crippen molar-refractivity contribution in [2.75, 3.05) is 44.2 Å². The molecule has 2 heterocycles. The number of thiocarbonyl (C=S) groups is 1. The molecule has 0 saturated carbocycles. The highest BCUT2D eigenvalue weighted by Crippen LogP contribution is 2.37. The van der Waals surface area contributed by atoms with Crippen LogP contribution in [0, 0.1) is 11.3 Å². The summed E-state index contributed by atoms with van der Waals surface area (Å²) in [6.07, 6.45) is -2.63. The molecule has 1 aromatic carbocycles. The highest BCUT2D eigenvalue weighted by atomic mass is 32.1. The Hall–Kier alpha value is -2.71. The second-order valence-corrected chi connectivity index (χ2v) is 9.66. The summed E-state index contributed by atoms with van der Waals surface area (Å²) in [4.78, 5) is 32.3. The third-order valence-corrected chi connectivity index (χ3v) is 6.96. The van der Waals surface area contributed by atoms with E-state index in [1.165, 1.54) is 6.07 Å². The summed E-state index contributed by atoms with van der Waals surface area (Å²) < 4.78 is 40.4. The molecule has 11 heteroatoms. The zero-order chi connectivity index (χ0) is 26.0. The molecule has 0 radical (unpaired) electrons. The molecular weight excluding hydrogens is 479 g/mol. The van der Waals surface area contributed by atoms with Crippen LogP contribution >= 0.6 is 12.2 Å². The fraction of sp³-hybridized carbons (Fsp3) is 0.583. The second-order valence-electron chi connectivity index (χ2n) is 9.30. The van der Waals surface area contributed by atoms with Gasteiger partial charge in [0.1, 0.15) is 5.54 Å². The molecule has 2 aliphatic heterocycles. The number of alkyl halides is 3. The first-order valence-electron chi connectivity index (χ1n) is 11.7. The number of amides is 2. The zero-order valence-corrected chi connectivity index (χ0v) is 21.0. The molecule has 2 saturated heterocycles. The predicted molar refractivity (Wildman–Crippen MR) is 130 cm³/mol. The molecule has 0 unspecified atom stereocenters. The number of benzene rings is 1. The Labute approximate surface area is 209 Å². The quantitative estimate of drug-likeness (QED) is 0.523. The van der Waals surface area contributed by atoms with Gasteiger partial charge < -0.3 is 9.80 Å². The molecular formula is C24H30F3N5O2S. The Morgan fingerprint density at radius 3 is 2.40 bits per heavy atom. The number of nitrogens with zero attached hydrogens (tertiary/aromatic N) is 5. The monoisotopic (exact) mass is 509 g/mol. The number of halogens is 3. The Balaban J connectivity index is 1.66. The Bertz CT molecular complexity index is 1030. The fourth-order valence-corrected chi connectivity index (χ4v) is 5.00. The number of carbonyl (C=O) groups excluding carboxylic acids is 2. The summed E-state index contributed by atoms with van der Waals surface area (Å²) in [5.74, 6) is -0.227. The number of piperazine rings is 1. The number of hydrogen-bond acceptors (Lipinski definition) is 5. The highest BCUT2D eigenvalue weighted by molar-refractivity contribution is 7.80. The topological polar surface area (TPSA) is 70.9 Å². The standard InChI is InChI=1S/C24H30F3N5O2S/c1-4-6-20(33)30-13-11-29(12-14-30)9-5-10-31-22(35)32(21(34)23(31,2)3)18-8-7-17(16-28)19(15-18)24(25,26)27/h7-8,15H,4-6,9-14H2,1-3H3. The van der Waals surface area contributed by atoms with Crippen LogP contribution in [0.3, 0.4) is 0 Å². The summed E-state index contributed by atoms with van der Waals surface area (Å²) in [7, 11) is 0. The summed E-state index contributed by atoms with van der Waals surface area (Å²) >= 11 is 5.53. The van der Waals surface area contributed by atoms with E-state index in [0.29, 0.717) is 32.5 Å². The maximum atomic E-state index is 13.5. The zero-order valence-electron chi connectivity index (χ0n) is 20.2. The van der Waals surface area contributed by atoms with E-state index in [4.69, 9.17) is 17.5 Å². The van der Waals surface area contributed by atoms with Gasteiger partial charge in [-0.1, -0.05) is 6.92 Å². The Kier molecular flexibility index (Phi) is 8.07. The first kappa shape index (κ1) is 26.9. The van der Waals surface area contributed by atoms with Crippen molar-refractivity contribution in [3.63, 3.8) is 0 Å². The summed E-state index contributed by atoms with van der Waals surface area (Å²) in [6.45, 7) is 9.56. The van der Waals surface area contributed by atoms with Crippen LogP contribution in [-0.2, 0) is 15.8 Å². The van der Waals surface area contributed by atoms with E-state index in [0.717, 1.165) is 43.1 Å². The maximum Gasteiger partial charge on any atom is 0.417 e. The molecule has 1 aromatic rings. The SMILES string of the molecule is CCCC(=O)N1CCN(CCCN2C(=S)N(c3ccc(C#N)c(C(F)(F)F)c3)C(=O)C2(C)C)CC1. The van der Waals surface area contributed by atoms with Crippen LogP contribution < -0.4 is 4.90 Å². The van der Waals surface area contributed by atoms with Crippen LogP contribution in [0.4, 0.5) is 18.9 Å². The van der Waals surface area contributed by atoms with E-state index in [1.807, 2.05) is 11.8 Å². The average Bonchev–Trinajstić information content (AvgIpc) is 2.97. The molecule has 0 aromatic heterocycles.